The van der Waals surface area contributed by atoms with E-state index >= 15 is 0 Å². The quantitative estimate of drug-likeness (QED) is 0.899. The molecule has 2 aliphatic rings. The van der Waals surface area contributed by atoms with Gasteiger partial charge in [0.15, 0.2) is 5.13 Å². The smallest absolute Gasteiger partial charge is 0.251 e. The molecule has 2 heterocycles. The number of nitrogens with one attached hydrogen (secondary N) is 2. The molecule has 4 rings (SSSR count). The minimum atomic E-state index is 0.0680. The van der Waals surface area contributed by atoms with E-state index in [0.29, 0.717) is 6.04 Å². The van der Waals surface area contributed by atoms with Crippen molar-refractivity contribution in [1.82, 2.24) is 15.6 Å². The maximum absolute atomic E-state index is 12.6. The summed E-state index contributed by atoms with van der Waals surface area (Å²) in [7, 11) is 0. The molecular weight excluding hydrogens is 320 g/mol. The number of fused-ring (bicyclic) bond motifs is 1. The Balaban J connectivity index is 1.60. The van der Waals surface area contributed by atoms with E-state index < -0.39 is 0 Å². The topological polar surface area (TPSA) is 57.3 Å². The van der Waals surface area contributed by atoms with Gasteiger partial charge in [0, 0.05) is 37.8 Å². The van der Waals surface area contributed by atoms with Gasteiger partial charge < -0.3 is 15.5 Å². The monoisotopic (exact) mass is 344 g/mol. The number of amides is 1. The number of anilines is 1. The molecule has 0 bridgehead atoms. The third kappa shape index (κ3) is 3.00. The molecule has 1 aromatic heterocycles. The standard InChI is InChI=1S/C18H24N4OS/c1-12-14(17(23)20-13-4-2-3-5-13)6-7-15-16(12)24-18(21-15)22-10-8-19-9-11-22/h6-7,13,19H,2-5,8-11H2,1H3,(H,20,23). The largest absolute Gasteiger partial charge is 0.349 e. The average molecular weight is 344 g/mol. The first-order valence-corrected chi connectivity index (χ1v) is 9.71. The fraction of sp³-hybridized carbons (Fsp3) is 0.556. The molecule has 2 N–H and O–H groups in total. The van der Waals surface area contributed by atoms with Gasteiger partial charge in [-0.05, 0) is 37.5 Å². The summed E-state index contributed by atoms with van der Waals surface area (Å²) in [5.74, 6) is 0.0680. The Labute approximate surface area is 146 Å². The van der Waals surface area contributed by atoms with E-state index in [1.54, 1.807) is 11.3 Å². The number of aromatic nitrogens is 1. The minimum Gasteiger partial charge on any atom is -0.349 e. The fourth-order valence-electron chi connectivity index (χ4n) is 3.68. The van der Waals surface area contributed by atoms with Gasteiger partial charge >= 0.3 is 0 Å². The summed E-state index contributed by atoms with van der Waals surface area (Å²) in [5.41, 5.74) is 2.86. The van der Waals surface area contributed by atoms with E-state index in [1.165, 1.54) is 12.8 Å². The molecule has 0 radical (unpaired) electrons. The van der Waals surface area contributed by atoms with Crippen LogP contribution in [0.4, 0.5) is 5.13 Å². The first-order chi connectivity index (χ1) is 11.7. The summed E-state index contributed by atoms with van der Waals surface area (Å²) in [6.45, 7) is 6.04. The van der Waals surface area contributed by atoms with Crippen molar-refractivity contribution < 1.29 is 4.79 Å². The normalized spacial score (nSPS) is 19.1. The highest BCUT2D eigenvalue weighted by Crippen LogP contribution is 2.33. The summed E-state index contributed by atoms with van der Waals surface area (Å²) in [6, 6.07) is 4.28. The van der Waals surface area contributed by atoms with Gasteiger partial charge in [-0.15, -0.1) is 0 Å². The molecule has 0 spiro atoms. The summed E-state index contributed by atoms with van der Waals surface area (Å²) in [5, 5.41) is 7.64. The Morgan fingerprint density at radius 2 is 2.04 bits per heavy atom. The van der Waals surface area contributed by atoms with Gasteiger partial charge in [-0.2, -0.15) is 0 Å². The van der Waals surface area contributed by atoms with E-state index in [9.17, 15) is 4.79 Å². The summed E-state index contributed by atoms with van der Waals surface area (Å²) >= 11 is 1.71. The van der Waals surface area contributed by atoms with Gasteiger partial charge in [-0.3, -0.25) is 4.79 Å². The Hall–Kier alpha value is -1.66. The number of hydrogen-bond donors (Lipinski definition) is 2. The summed E-state index contributed by atoms with van der Waals surface area (Å²) in [6.07, 6.45) is 4.68. The number of carbonyl (C=O) groups is 1. The van der Waals surface area contributed by atoms with Crippen molar-refractivity contribution in [2.75, 3.05) is 31.1 Å². The molecule has 2 aromatic rings. The van der Waals surface area contributed by atoms with Crippen LogP contribution in [0.2, 0.25) is 0 Å². The molecule has 128 valence electrons. The number of piperazine rings is 1. The first kappa shape index (κ1) is 15.8. The summed E-state index contributed by atoms with van der Waals surface area (Å²) < 4.78 is 1.14. The Bertz CT molecular complexity index is 745. The minimum absolute atomic E-state index is 0.0680. The van der Waals surface area contributed by atoms with E-state index in [1.807, 2.05) is 19.1 Å². The molecule has 0 unspecified atom stereocenters. The molecule has 1 saturated carbocycles. The fourth-order valence-corrected chi connectivity index (χ4v) is 4.80. The molecule has 1 aliphatic carbocycles. The van der Waals surface area contributed by atoms with Crippen LogP contribution in [0.15, 0.2) is 12.1 Å². The third-order valence-electron chi connectivity index (χ3n) is 5.12. The van der Waals surface area contributed by atoms with E-state index in [4.69, 9.17) is 4.98 Å². The molecule has 6 heteroatoms. The second-order valence-electron chi connectivity index (χ2n) is 6.77. The van der Waals surface area contributed by atoms with Crippen molar-refractivity contribution in [2.45, 2.75) is 38.6 Å². The number of rotatable bonds is 3. The predicted octanol–water partition coefficient (Wildman–Crippen LogP) is 2.69. The van der Waals surface area contributed by atoms with Gasteiger partial charge in [-0.1, -0.05) is 24.2 Å². The zero-order valence-corrected chi connectivity index (χ0v) is 14.9. The lowest BCUT2D eigenvalue weighted by Crippen LogP contribution is -2.43. The van der Waals surface area contributed by atoms with Crippen LogP contribution in [0.25, 0.3) is 10.2 Å². The van der Waals surface area contributed by atoms with Crippen molar-refractivity contribution in [2.24, 2.45) is 0 Å². The van der Waals surface area contributed by atoms with Crippen molar-refractivity contribution in [3.8, 4) is 0 Å². The number of thiazole rings is 1. The molecular formula is C18H24N4OS. The van der Waals surface area contributed by atoms with E-state index in [-0.39, 0.29) is 5.91 Å². The predicted molar refractivity (Wildman–Crippen MR) is 99.2 cm³/mol. The van der Waals surface area contributed by atoms with E-state index in [2.05, 4.69) is 15.5 Å². The Morgan fingerprint density at radius 1 is 1.29 bits per heavy atom. The number of aryl methyl sites for hydroxylation is 1. The van der Waals surface area contributed by atoms with Gasteiger partial charge in [-0.25, -0.2) is 4.98 Å². The molecule has 0 atom stereocenters. The van der Waals surface area contributed by atoms with Gasteiger partial charge in [0.2, 0.25) is 0 Å². The molecule has 1 aromatic carbocycles. The zero-order chi connectivity index (χ0) is 16.5. The lowest BCUT2D eigenvalue weighted by molar-refractivity contribution is 0.0937. The SMILES string of the molecule is Cc1c(C(=O)NC2CCCC2)ccc2nc(N3CCNCC3)sc12. The van der Waals surface area contributed by atoms with Crippen LogP contribution in [0, 0.1) is 6.92 Å². The molecule has 1 amide bonds. The summed E-state index contributed by atoms with van der Waals surface area (Å²) in [4.78, 5) is 19.7. The van der Waals surface area contributed by atoms with Crippen LogP contribution in [-0.2, 0) is 0 Å². The highest BCUT2D eigenvalue weighted by atomic mass is 32.1. The van der Waals surface area contributed by atoms with Crippen LogP contribution in [-0.4, -0.2) is 43.1 Å². The molecule has 24 heavy (non-hydrogen) atoms. The van der Waals surface area contributed by atoms with Gasteiger partial charge in [0.1, 0.15) is 0 Å². The second-order valence-corrected chi connectivity index (χ2v) is 7.75. The van der Waals surface area contributed by atoms with Crippen molar-refractivity contribution in [1.29, 1.82) is 0 Å². The first-order valence-electron chi connectivity index (χ1n) is 8.89. The molecule has 1 saturated heterocycles. The number of hydrogen-bond acceptors (Lipinski definition) is 5. The maximum atomic E-state index is 12.6. The lowest BCUT2D eigenvalue weighted by atomic mass is 10.1. The van der Waals surface area contributed by atoms with Crippen LogP contribution in [0.5, 0.6) is 0 Å². The van der Waals surface area contributed by atoms with Crippen LogP contribution >= 0.6 is 11.3 Å². The number of nitrogens with zero attached hydrogens (tertiary/aromatic N) is 2. The van der Waals surface area contributed by atoms with Crippen molar-refractivity contribution >= 4 is 32.6 Å². The van der Waals surface area contributed by atoms with Crippen LogP contribution in [0.3, 0.4) is 0 Å². The van der Waals surface area contributed by atoms with Crippen LogP contribution < -0.4 is 15.5 Å². The van der Waals surface area contributed by atoms with Crippen LogP contribution in [0.1, 0.15) is 41.6 Å². The zero-order valence-electron chi connectivity index (χ0n) is 14.1. The van der Waals surface area contributed by atoms with E-state index in [0.717, 1.165) is 65.5 Å². The Morgan fingerprint density at radius 3 is 2.79 bits per heavy atom. The molecule has 5 nitrogen and oxygen atoms in total. The maximum Gasteiger partial charge on any atom is 0.251 e. The lowest BCUT2D eigenvalue weighted by Gasteiger charge is -2.26. The highest BCUT2D eigenvalue weighted by Gasteiger charge is 2.21. The number of carbonyl (C=O) groups excluding carboxylic acids is 1. The Kier molecular flexibility index (Phi) is 4.41. The molecule has 1 aliphatic heterocycles. The van der Waals surface area contributed by atoms with Crippen molar-refractivity contribution in [3.05, 3.63) is 23.3 Å². The number of benzene rings is 1. The van der Waals surface area contributed by atoms with Gasteiger partial charge in [0.25, 0.3) is 5.91 Å². The van der Waals surface area contributed by atoms with Gasteiger partial charge in [0.05, 0.1) is 10.2 Å². The second kappa shape index (κ2) is 6.69. The third-order valence-corrected chi connectivity index (χ3v) is 6.37. The average Bonchev–Trinajstić information content (AvgIpc) is 3.25. The highest BCUT2D eigenvalue weighted by molar-refractivity contribution is 7.22. The van der Waals surface area contributed by atoms with Crippen molar-refractivity contribution in [3.63, 3.8) is 0 Å². The molecule has 2 fully saturated rings.